The van der Waals surface area contributed by atoms with Gasteiger partial charge in [-0.1, -0.05) is 64.2 Å². The van der Waals surface area contributed by atoms with Crippen molar-refractivity contribution in [1.82, 2.24) is 4.90 Å². The van der Waals surface area contributed by atoms with Crippen LogP contribution in [0.15, 0.2) is 30.9 Å². The number of aliphatic hydroxyl groups excluding tert-OH is 1. The fourth-order valence-corrected chi connectivity index (χ4v) is 3.70. The summed E-state index contributed by atoms with van der Waals surface area (Å²) >= 11 is 0. The van der Waals surface area contributed by atoms with Gasteiger partial charge in [0.05, 0.1) is 5.56 Å². The van der Waals surface area contributed by atoms with Gasteiger partial charge < -0.3 is 14.7 Å². The Labute approximate surface area is 215 Å². The fraction of sp³-hybridized carbons (Fsp3) is 0.633. The first kappa shape index (κ1) is 32.7. The number of carbonyl (C=O) groups excluding carboxylic acids is 1. The third-order valence-corrected chi connectivity index (χ3v) is 5.28. The van der Waals surface area contributed by atoms with E-state index in [2.05, 4.69) is 32.3 Å². The van der Waals surface area contributed by atoms with Crippen LogP contribution >= 0.6 is 0 Å². The van der Waals surface area contributed by atoms with E-state index in [1.165, 1.54) is 6.42 Å². The highest BCUT2D eigenvalue weighted by atomic mass is 19.1. The predicted molar refractivity (Wildman–Crippen MR) is 147 cm³/mol. The molecule has 2 aliphatic rings. The molecule has 1 aromatic carbocycles. The minimum atomic E-state index is -0.554. The van der Waals surface area contributed by atoms with E-state index in [1.54, 1.807) is 17.0 Å². The van der Waals surface area contributed by atoms with Gasteiger partial charge in [-0.15, -0.1) is 6.58 Å². The molecule has 1 heterocycles. The van der Waals surface area contributed by atoms with Crippen LogP contribution in [0.2, 0.25) is 0 Å². The first-order valence-corrected chi connectivity index (χ1v) is 13.0. The summed E-state index contributed by atoms with van der Waals surface area (Å²) in [5.74, 6) is 6.55. The summed E-state index contributed by atoms with van der Waals surface area (Å²) in [4.78, 5) is 14.5. The second-order valence-electron chi connectivity index (χ2n) is 9.55. The second kappa shape index (κ2) is 17.2. The SMILES string of the molecule is C=CCC1CCN(C(=O)OC(C)(C)C)C1Cc1cccc(C#CC2CC2)c1F.CC.CCC.CO.[HH]. The molecule has 200 valence electrons. The number of ether oxygens (including phenoxy) is 1. The van der Waals surface area contributed by atoms with Crippen LogP contribution < -0.4 is 0 Å². The first-order valence-electron chi connectivity index (χ1n) is 13.0. The number of carbonyl (C=O) groups is 1. The number of hydrogen-bond donors (Lipinski definition) is 1. The lowest BCUT2D eigenvalue weighted by molar-refractivity contribution is 0.0207. The average molecular weight is 492 g/mol. The largest absolute Gasteiger partial charge is 0.444 e. The van der Waals surface area contributed by atoms with Crippen LogP contribution in [0.1, 0.15) is 93.1 Å². The molecule has 5 heteroatoms. The van der Waals surface area contributed by atoms with Crippen molar-refractivity contribution in [2.45, 2.75) is 98.6 Å². The molecule has 1 saturated heterocycles. The van der Waals surface area contributed by atoms with Crippen molar-refractivity contribution in [3.8, 4) is 11.8 Å². The Morgan fingerprint density at radius 3 is 2.37 bits per heavy atom. The van der Waals surface area contributed by atoms with Crippen molar-refractivity contribution in [2.75, 3.05) is 13.7 Å². The Hall–Kier alpha value is -2.32. The molecule has 2 fully saturated rings. The molecule has 1 amide bonds. The van der Waals surface area contributed by atoms with Crippen molar-refractivity contribution in [3.05, 3.63) is 47.8 Å². The summed E-state index contributed by atoms with van der Waals surface area (Å²) in [6, 6.07) is 5.28. The van der Waals surface area contributed by atoms with Crippen LogP contribution in [-0.4, -0.2) is 41.4 Å². The van der Waals surface area contributed by atoms with Crippen molar-refractivity contribution in [3.63, 3.8) is 0 Å². The number of halogens is 1. The second-order valence-corrected chi connectivity index (χ2v) is 9.55. The lowest BCUT2D eigenvalue weighted by atomic mass is 9.91. The summed E-state index contributed by atoms with van der Waals surface area (Å²) in [7, 11) is 1.00. The first-order chi connectivity index (χ1) is 16.7. The smallest absolute Gasteiger partial charge is 0.410 e. The average Bonchev–Trinajstić information content (AvgIpc) is 3.57. The maximum Gasteiger partial charge on any atom is 0.410 e. The van der Waals surface area contributed by atoms with Crippen molar-refractivity contribution in [2.24, 2.45) is 11.8 Å². The van der Waals surface area contributed by atoms with E-state index in [-0.39, 0.29) is 25.3 Å². The van der Waals surface area contributed by atoms with Gasteiger partial charge in [-0.3, -0.25) is 0 Å². The topological polar surface area (TPSA) is 49.8 Å². The molecule has 3 rings (SSSR count). The van der Waals surface area contributed by atoms with Crippen LogP contribution in [-0.2, 0) is 11.2 Å². The Bertz CT molecular complexity index is 822. The zero-order chi connectivity index (χ0) is 27.0. The van der Waals surface area contributed by atoms with Crippen LogP contribution in [0.5, 0.6) is 0 Å². The number of nitrogens with zero attached hydrogens (tertiary/aromatic N) is 1. The number of rotatable bonds is 4. The maximum atomic E-state index is 15.1. The zero-order valence-electron chi connectivity index (χ0n) is 23.3. The highest BCUT2D eigenvalue weighted by Crippen LogP contribution is 2.32. The van der Waals surface area contributed by atoms with E-state index >= 15 is 4.39 Å². The summed E-state index contributed by atoms with van der Waals surface area (Å²) in [6.45, 7) is 18.3. The minimum absolute atomic E-state index is 0. The monoisotopic (exact) mass is 491 g/mol. The van der Waals surface area contributed by atoms with Crippen LogP contribution in [0.4, 0.5) is 9.18 Å². The molecule has 0 radical (unpaired) electrons. The van der Waals surface area contributed by atoms with Crippen molar-refractivity contribution in [1.29, 1.82) is 0 Å². The summed E-state index contributed by atoms with van der Waals surface area (Å²) in [6.07, 6.45) is 7.17. The van der Waals surface area contributed by atoms with Gasteiger partial charge in [-0.05, 0) is 70.4 Å². The molecule has 4 nitrogen and oxygen atoms in total. The number of benzene rings is 1. The van der Waals surface area contributed by atoms with E-state index in [9.17, 15) is 4.79 Å². The van der Waals surface area contributed by atoms with Gasteiger partial charge >= 0.3 is 6.09 Å². The molecular weight excluding hydrogens is 441 g/mol. The van der Waals surface area contributed by atoms with E-state index < -0.39 is 5.60 Å². The zero-order valence-corrected chi connectivity index (χ0v) is 23.3. The van der Waals surface area contributed by atoms with Crippen LogP contribution in [0.3, 0.4) is 0 Å². The molecular formula is C30H50FNO3. The predicted octanol–water partition coefficient (Wildman–Crippen LogP) is 7.63. The van der Waals surface area contributed by atoms with E-state index in [1.807, 2.05) is 46.8 Å². The number of amides is 1. The normalized spacial score (nSPS) is 18.3. The molecule has 35 heavy (non-hydrogen) atoms. The Balaban J connectivity index is 0. The maximum absolute atomic E-state index is 15.1. The number of allylic oxidation sites excluding steroid dienone is 1. The number of likely N-dealkylation sites (tertiary alicyclic amines) is 1. The lowest BCUT2D eigenvalue weighted by Crippen LogP contribution is -2.42. The summed E-state index contributed by atoms with van der Waals surface area (Å²) in [5.41, 5.74) is 0.505. The van der Waals surface area contributed by atoms with Gasteiger partial charge in [0.25, 0.3) is 0 Å². The molecule has 2 atom stereocenters. The molecule has 2 unspecified atom stereocenters. The molecule has 1 saturated carbocycles. The summed E-state index contributed by atoms with van der Waals surface area (Å²) in [5, 5.41) is 7.00. The van der Waals surface area contributed by atoms with Gasteiger partial charge in [0.15, 0.2) is 0 Å². The van der Waals surface area contributed by atoms with Gasteiger partial charge in [0, 0.05) is 27.0 Å². The standard InChI is InChI=1S/C24H30FNO2.C3H8.C2H6.CH4O.H2/c1-5-7-18-14-15-26(23(27)28-24(2,3)4)21(18)16-20-9-6-8-19(22(20)25)13-12-17-10-11-17;1-3-2;2*1-2;/h5-6,8-9,17-18,21H,1,7,10-11,14-16H2,2-4H3;3H2,1-2H3;1-2H3;2H,1H3;1H. The minimum Gasteiger partial charge on any atom is -0.444 e. The van der Waals surface area contributed by atoms with E-state index in [0.29, 0.717) is 30.0 Å². The van der Waals surface area contributed by atoms with Gasteiger partial charge in [-0.2, -0.15) is 0 Å². The molecule has 1 aliphatic heterocycles. The molecule has 0 bridgehead atoms. The quantitative estimate of drug-likeness (QED) is 0.348. The number of hydrogen-bond acceptors (Lipinski definition) is 3. The molecule has 1 N–H and O–H groups in total. The fourth-order valence-electron chi connectivity index (χ4n) is 3.70. The molecule has 0 spiro atoms. The van der Waals surface area contributed by atoms with Gasteiger partial charge in [0.1, 0.15) is 11.4 Å². The lowest BCUT2D eigenvalue weighted by Gasteiger charge is -2.30. The Morgan fingerprint density at radius 2 is 1.86 bits per heavy atom. The van der Waals surface area contributed by atoms with Crippen molar-refractivity contribution < 1.29 is 20.5 Å². The molecule has 1 aliphatic carbocycles. The van der Waals surface area contributed by atoms with E-state index in [0.717, 1.165) is 32.8 Å². The van der Waals surface area contributed by atoms with Gasteiger partial charge in [0.2, 0.25) is 0 Å². The number of aliphatic hydroxyl groups is 1. The highest BCUT2D eigenvalue weighted by molar-refractivity contribution is 5.69. The van der Waals surface area contributed by atoms with Crippen LogP contribution in [0, 0.1) is 29.5 Å². The van der Waals surface area contributed by atoms with Crippen molar-refractivity contribution >= 4 is 6.09 Å². The summed E-state index contributed by atoms with van der Waals surface area (Å²) < 4.78 is 20.6. The third kappa shape index (κ3) is 11.8. The van der Waals surface area contributed by atoms with Crippen LogP contribution in [0.25, 0.3) is 0 Å². The Morgan fingerprint density at radius 1 is 1.26 bits per heavy atom. The van der Waals surface area contributed by atoms with E-state index in [4.69, 9.17) is 9.84 Å². The Kier molecular flexibility index (Phi) is 16.0. The highest BCUT2D eigenvalue weighted by Gasteiger charge is 2.38. The van der Waals surface area contributed by atoms with Gasteiger partial charge in [-0.25, -0.2) is 9.18 Å². The third-order valence-electron chi connectivity index (χ3n) is 5.28. The molecule has 0 aromatic heterocycles. The molecule has 1 aromatic rings.